The van der Waals surface area contributed by atoms with E-state index in [9.17, 15) is 18.9 Å². The zero-order valence-corrected chi connectivity index (χ0v) is 8.22. The molecule has 0 saturated carbocycles. The molecule has 0 fully saturated rings. The van der Waals surface area contributed by atoms with Gasteiger partial charge in [-0.15, -0.1) is 0 Å². The number of nitro groups is 1. The number of aromatic nitrogens is 1. The second-order valence-corrected chi connectivity index (χ2v) is 2.90. The highest BCUT2D eigenvalue weighted by molar-refractivity contribution is 5.48. The van der Waals surface area contributed by atoms with Crippen LogP contribution in [0.15, 0.2) is 6.07 Å². The van der Waals surface area contributed by atoms with E-state index in [4.69, 9.17) is 10.5 Å². The summed E-state index contributed by atoms with van der Waals surface area (Å²) in [6, 6.07) is 4.06. The van der Waals surface area contributed by atoms with Gasteiger partial charge in [0.15, 0.2) is 5.69 Å². The number of halogens is 2. The molecule has 0 aromatic carbocycles. The zero-order valence-electron chi connectivity index (χ0n) is 8.22. The van der Waals surface area contributed by atoms with Crippen molar-refractivity contribution in [3.8, 4) is 12.1 Å². The predicted octanol–water partition coefficient (Wildman–Crippen LogP) is 1.87. The minimum absolute atomic E-state index is 0.0832. The molecule has 1 aromatic rings. The zero-order chi connectivity index (χ0) is 13.0. The van der Waals surface area contributed by atoms with Gasteiger partial charge < -0.3 is 10.1 Å². The number of nitriles is 2. The highest BCUT2D eigenvalue weighted by atomic mass is 19.3. The molecule has 1 rings (SSSR count). The van der Waals surface area contributed by atoms with E-state index in [2.05, 4.69) is 4.98 Å². The van der Waals surface area contributed by atoms with Gasteiger partial charge in [0, 0.05) is 6.07 Å². The van der Waals surface area contributed by atoms with E-state index in [0.717, 1.165) is 6.07 Å². The predicted molar refractivity (Wildman–Crippen MR) is 49.9 cm³/mol. The summed E-state index contributed by atoms with van der Waals surface area (Å²) in [6.45, 7) is 0. The van der Waals surface area contributed by atoms with E-state index >= 15 is 0 Å². The van der Waals surface area contributed by atoms with E-state index in [1.54, 1.807) is 6.07 Å². The second kappa shape index (κ2) is 4.94. The quantitative estimate of drug-likeness (QED) is 0.590. The van der Waals surface area contributed by atoms with Crippen LogP contribution in [0.1, 0.15) is 23.2 Å². The monoisotopic (exact) mass is 238 g/mol. The van der Waals surface area contributed by atoms with Gasteiger partial charge in [-0.05, 0) is 9.91 Å². The van der Waals surface area contributed by atoms with Crippen molar-refractivity contribution in [1.82, 2.24) is 4.98 Å². The third-order valence-corrected chi connectivity index (χ3v) is 1.86. The fourth-order valence-electron chi connectivity index (χ4n) is 1.21. The fraction of sp³-hybridized carbons (Fsp3) is 0.222. The Bertz CT molecular complexity index is 545. The number of nitrogens with zero attached hydrogens (tertiary/aromatic N) is 4. The third kappa shape index (κ3) is 2.49. The van der Waals surface area contributed by atoms with Crippen molar-refractivity contribution in [1.29, 1.82) is 10.5 Å². The molecule has 0 radical (unpaired) electrons. The van der Waals surface area contributed by atoms with E-state index in [0.29, 0.717) is 0 Å². The molecule has 1 aromatic heterocycles. The molecule has 8 heteroatoms. The van der Waals surface area contributed by atoms with Crippen LogP contribution < -0.4 is 0 Å². The van der Waals surface area contributed by atoms with Crippen molar-refractivity contribution < 1.29 is 13.7 Å². The molecular formula is C9H4F2N4O2. The van der Waals surface area contributed by atoms with Gasteiger partial charge in [0.05, 0.1) is 11.6 Å². The molecule has 86 valence electrons. The first-order valence-corrected chi connectivity index (χ1v) is 4.24. The number of rotatable bonds is 3. The summed E-state index contributed by atoms with van der Waals surface area (Å²) in [7, 11) is 0. The number of pyridine rings is 1. The van der Waals surface area contributed by atoms with Crippen LogP contribution in [0.25, 0.3) is 0 Å². The maximum atomic E-state index is 12.6. The third-order valence-electron chi connectivity index (χ3n) is 1.86. The molecule has 0 aliphatic carbocycles. The van der Waals surface area contributed by atoms with Crippen LogP contribution in [0.5, 0.6) is 0 Å². The smallest absolute Gasteiger partial charge is 0.358 e. The average molecular weight is 238 g/mol. The molecule has 1 heterocycles. The number of hydrogen-bond donors (Lipinski definition) is 0. The lowest BCUT2D eigenvalue weighted by Gasteiger charge is -2.03. The van der Waals surface area contributed by atoms with Crippen LogP contribution in [0.2, 0.25) is 0 Å². The average Bonchev–Trinajstić information content (AvgIpc) is 2.27. The van der Waals surface area contributed by atoms with Crippen molar-refractivity contribution in [3.05, 3.63) is 33.0 Å². The van der Waals surface area contributed by atoms with Crippen molar-refractivity contribution in [2.24, 2.45) is 0 Å². The Labute approximate surface area is 93.9 Å². The minimum Gasteiger partial charge on any atom is -0.358 e. The van der Waals surface area contributed by atoms with Crippen LogP contribution in [-0.2, 0) is 6.42 Å². The molecule has 0 N–H and O–H groups in total. The molecule has 0 saturated heterocycles. The summed E-state index contributed by atoms with van der Waals surface area (Å²) in [5, 5.41) is 27.6. The molecule has 0 bridgehead atoms. The summed E-state index contributed by atoms with van der Waals surface area (Å²) < 4.78 is 25.2. The van der Waals surface area contributed by atoms with Crippen molar-refractivity contribution in [2.45, 2.75) is 12.8 Å². The van der Waals surface area contributed by atoms with Crippen LogP contribution in [-0.4, -0.2) is 9.91 Å². The molecule has 0 spiro atoms. The van der Waals surface area contributed by atoms with Gasteiger partial charge in [-0.25, -0.2) is 8.78 Å². The van der Waals surface area contributed by atoms with Gasteiger partial charge in [0.2, 0.25) is 0 Å². The second-order valence-electron chi connectivity index (χ2n) is 2.90. The Kier molecular flexibility index (Phi) is 3.62. The van der Waals surface area contributed by atoms with E-state index in [1.807, 2.05) is 0 Å². The molecule has 6 nitrogen and oxygen atoms in total. The van der Waals surface area contributed by atoms with Crippen LogP contribution >= 0.6 is 0 Å². The van der Waals surface area contributed by atoms with Gasteiger partial charge in [0.25, 0.3) is 6.43 Å². The Morgan fingerprint density at radius 2 is 2.18 bits per heavy atom. The summed E-state index contributed by atoms with van der Waals surface area (Å²) in [5.74, 6) is -1.08. The minimum atomic E-state index is -3.17. The summed E-state index contributed by atoms with van der Waals surface area (Å²) in [6.07, 6.45) is -3.47. The molecule has 0 unspecified atom stereocenters. The number of hydrogen-bond acceptors (Lipinski definition) is 5. The SMILES string of the molecule is N#CCc1cc(C#N)c(C(F)F)c([N+](=O)[O-])n1. The first-order chi connectivity index (χ1) is 8.01. The lowest BCUT2D eigenvalue weighted by atomic mass is 10.1. The highest BCUT2D eigenvalue weighted by Crippen LogP contribution is 2.30. The summed E-state index contributed by atoms with van der Waals surface area (Å²) >= 11 is 0. The van der Waals surface area contributed by atoms with Gasteiger partial charge >= 0.3 is 5.82 Å². The number of alkyl halides is 2. The van der Waals surface area contributed by atoms with Crippen molar-refractivity contribution in [3.63, 3.8) is 0 Å². The lowest BCUT2D eigenvalue weighted by Crippen LogP contribution is -2.05. The van der Waals surface area contributed by atoms with Gasteiger partial charge in [0.1, 0.15) is 18.1 Å². The van der Waals surface area contributed by atoms with Crippen LogP contribution in [0.4, 0.5) is 14.6 Å². The Morgan fingerprint density at radius 3 is 2.59 bits per heavy atom. The Morgan fingerprint density at radius 1 is 1.53 bits per heavy atom. The first kappa shape index (κ1) is 12.5. The molecule has 0 amide bonds. The van der Waals surface area contributed by atoms with Gasteiger partial charge in [-0.3, -0.25) is 0 Å². The topological polar surface area (TPSA) is 104 Å². The van der Waals surface area contributed by atoms with E-state index in [1.165, 1.54) is 6.07 Å². The van der Waals surface area contributed by atoms with E-state index in [-0.39, 0.29) is 12.1 Å². The standard InChI is InChI=1S/C9H4F2N4O2/c10-8(11)7-5(4-13)3-6(1-2-12)14-9(7)15(16)17/h3,8H,1H2. The maximum Gasteiger partial charge on any atom is 0.374 e. The Hall–Kier alpha value is -2.61. The highest BCUT2D eigenvalue weighted by Gasteiger charge is 2.29. The lowest BCUT2D eigenvalue weighted by molar-refractivity contribution is -0.391. The maximum absolute atomic E-state index is 12.6. The normalized spacial score (nSPS) is 9.71. The molecule has 17 heavy (non-hydrogen) atoms. The molecule has 0 atom stereocenters. The van der Waals surface area contributed by atoms with Gasteiger partial charge in [-0.1, -0.05) is 0 Å². The summed E-state index contributed by atoms with van der Waals surface area (Å²) in [5.41, 5.74) is -1.63. The molecular weight excluding hydrogens is 234 g/mol. The first-order valence-electron chi connectivity index (χ1n) is 4.24. The fourth-order valence-corrected chi connectivity index (χ4v) is 1.21. The van der Waals surface area contributed by atoms with Crippen molar-refractivity contribution in [2.75, 3.05) is 0 Å². The van der Waals surface area contributed by atoms with Crippen LogP contribution in [0, 0.1) is 32.8 Å². The van der Waals surface area contributed by atoms with E-state index < -0.39 is 28.3 Å². The van der Waals surface area contributed by atoms with Crippen molar-refractivity contribution >= 4 is 5.82 Å². The van der Waals surface area contributed by atoms with Gasteiger partial charge in [-0.2, -0.15) is 10.5 Å². The Balaban J connectivity index is 3.54. The van der Waals surface area contributed by atoms with Crippen LogP contribution in [0.3, 0.4) is 0 Å². The summed E-state index contributed by atoms with van der Waals surface area (Å²) in [4.78, 5) is 12.8. The largest absolute Gasteiger partial charge is 0.374 e. The molecule has 0 aliphatic heterocycles. The molecule has 0 aliphatic rings.